The molecular formula is C34H26Cl2F6N6O4S2. The number of hydrogen-bond donors (Lipinski definition) is 4. The number of rotatable bonds is 8. The number of aromatic amines is 2. The summed E-state index contributed by atoms with van der Waals surface area (Å²) >= 11 is 11.9. The first kappa shape index (κ1) is 40.2. The van der Waals surface area contributed by atoms with Crippen LogP contribution in [-0.2, 0) is 32.4 Å². The predicted molar refractivity (Wildman–Crippen MR) is 192 cm³/mol. The molecule has 4 N–H and O–H groups in total. The van der Waals surface area contributed by atoms with Crippen LogP contribution < -0.4 is 9.44 Å². The molecule has 0 fully saturated rings. The number of alkyl halides is 6. The molecule has 2 heterocycles. The molecule has 6 aromatic rings. The van der Waals surface area contributed by atoms with Gasteiger partial charge in [0.15, 0.2) is 11.6 Å². The van der Waals surface area contributed by atoms with Gasteiger partial charge in [0.2, 0.25) is 0 Å². The summed E-state index contributed by atoms with van der Waals surface area (Å²) in [5.74, 6) is -0.954. The average molecular weight is 832 g/mol. The highest BCUT2D eigenvalue weighted by atomic mass is 35.5. The van der Waals surface area contributed by atoms with Crippen LogP contribution in [0.15, 0.2) is 107 Å². The minimum absolute atomic E-state index is 0.0496. The van der Waals surface area contributed by atoms with Gasteiger partial charge in [-0.3, -0.25) is 19.6 Å². The van der Waals surface area contributed by atoms with Gasteiger partial charge in [-0.15, -0.1) is 0 Å². The van der Waals surface area contributed by atoms with Crippen molar-refractivity contribution in [1.82, 2.24) is 20.4 Å². The summed E-state index contributed by atoms with van der Waals surface area (Å²) in [6.07, 6.45) is -9.55. The van der Waals surface area contributed by atoms with E-state index in [1.807, 2.05) is 17.1 Å². The van der Waals surface area contributed by atoms with E-state index in [4.69, 9.17) is 23.2 Å². The molecular weight excluding hydrogens is 805 g/mol. The van der Waals surface area contributed by atoms with Crippen molar-refractivity contribution < 1.29 is 43.2 Å². The number of aryl methyl sites for hydroxylation is 2. The summed E-state index contributed by atoms with van der Waals surface area (Å²) in [7, 11) is -8.27. The van der Waals surface area contributed by atoms with Crippen LogP contribution in [0, 0.1) is 13.8 Å². The lowest BCUT2D eigenvalue weighted by Crippen LogP contribution is -2.14. The average Bonchev–Trinajstić information content (AvgIpc) is 3.72. The number of anilines is 2. The summed E-state index contributed by atoms with van der Waals surface area (Å²) in [4.78, 5) is -0.211. The third-order valence-corrected chi connectivity index (χ3v) is 10.9. The zero-order valence-corrected chi connectivity index (χ0v) is 30.8. The molecule has 2 aromatic heterocycles. The number of H-pyrrole nitrogens is 2. The zero-order valence-electron chi connectivity index (χ0n) is 27.6. The fraction of sp³-hybridized carbons (Fsp3) is 0.118. The molecule has 0 amide bonds. The fourth-order valence-corrected chi connectivity index (χ4v) is 7.40. The van der Waals surface area contributed by atoms with E-state index in [1.54, 1.807) is 31.2 Å². The van der Waals surface area contributed by atoms with Crippen LogP contribution in [-0.4, -0.2) is 37.2 Å². The van der Waals surface area contributed by atoms with Crippen molar-refractivity contribution in [2.24, 2.45) is 0 Å². The highest BCUT2D eigenvalue weighted by molar-refractivity contribution is 7.93. The first-order valence-electron chi connectivity index (χ1n) is 15.2. The third kappa shape index (κ3) is 9.00. The van der Waals surface area contributed by atoms with Gasteiger partial charge in [-0.2, -0.15) is 36.5 Å². The van der Waals surface area contributed by atoms with Gasteiger partial charge < -0.3 is 0 Å². The molecule has 4 aromatic carbocycles. The van der Waals surface area contributed by atoms with E-state index in [1.165, 1.54) is 72.8 Å². The van der Waals surface area contributed by atoms with Crippen LogP contribution in [0.25, 0.3) is 22.3 Å². The maximum Gasteiger partial charge on any atom is 0.433 e. The Balaban J connectivity index is 0.000000208. The standard InChI is InChI=1S/C18H16F3N3O2S.C16H10Cl2F3N3O2S/c1-11-8-9-13(10-12(11)2)15-16(18(19,20)21)22-23-17(15)24-27(25,26)14-6-4-3-5-7-14;17-9-6-7-12(18)11(8-9)13-14(16(19,20)21)22-23-15(13)24-27(25,26)10-4-2-1-3-5-10/h3-10H,1-2H3,(H2,22,23,24);1-8H,(H2,22,23,24). The molecule has 0 unspecified atom stereocenters. The molecule has 0 spiro atoms. The maximum atomic E-state index is 13.4. The number of halogens is 8. The Labute approximate surface area is 314 Å². The zero-order chi connectivity index (χ0) is 39.6. The molecule has 0 aliphatic rings. The van der Waals surface area contributed by atoms with Gasteiger partial charge >= 0.3 is 12.4 Å². The molecule has 0 saturated carbocycles. The Morgan fingerprint density at radius 2 is 1.06 bits per heavy atom. The van der Waals surface area contributed by atoms with E-state index in [-0.39, 0.29) is 36.5 Å². The number of benzene rings is 4. The number of aromatic nitrogens is 4. The monoisotopic (exact) mass is 830 g/mol. The topological polar surface area (TPSA) is 150 Å². The second-order valence-electron chi connectivity index (χ2n) is 11.4. The van der Waals surface area contributed by atoms with E-state index in [0.29, 0.717) is 0 Å². The highest BCUT2D eigenvalue weighted by Crippen LogP contribution is 2.44. The second kappa shape index (κ2) is 15.4. The molecule has 6 rings (SSSR count). The minimum Gasteiger partial charge on any atom is -0.271 e. The van der Waals surface area contributed by atoms with Crippen molar-refractivity contribution in [3.8, 4) is 22.3 Å². The van der Waals surface area contributed by atoms with Crippen LogP contribution in [0.4, 0.5) is 38.0 Å². The Morgan fingerprint density at radius 1 is 0.593 bits per heavy atom. The summed E-state index contributed by atoms with van der Waals surface area (Å²) in [6.45, 7) is 3.60. The van der Waals surface area contributed by atoms with E-state index in [0.717, 1.165) is 11.1 Å². The van der Waals surface area contributed by atoms with E-state index < -0.39 is 61.0 Å². The van der Waals surface area contributed by atoms with Gasteiger partial charge in [-0.25, -0.2) is 16.8 Å². The molecule has 0 saturated heterocycles. The quantitative estimate of drug-likeness (QED) is 0.112. The lowest BCUT2D eigenvalue weighted by molar-refractivity contribution is -0.141. The van der Waals surface area contributed by atoms with Gasteiger partial charge in [0, 0.05) is 15.6 Å². The number of nitrogens with one attached hydrogen (secondary N) is 4. The number of nitrogens with zero attached hydrogens (tertiary/aromatic N) is 2. The third-order valence-electron chi connectivity index (χ3n) is 7.66. The number of sulfonamides is 2. The Hall–Kier alpha value is -5.04. The summed E-state index contributed by atoms with van der Waals surface area (Å²) < 4.78 is 135. The second-order valence-corrected chi connectivity index (χ2v) is 15.6. The lowest BCUT2D eigenvalue weighted by Gasteiger charge is -2.12. The van der Waals surface area contributed by atoms with Gasteiger partial charge in [0.1, 0.15) is 11.4 Å². The van der Waals surface area contributed by atoms with Crippen molar-refractivity contribution in [3.05, 3.63) is 130 Å². The number of hydrogen-bond acceptors (Lipinski definition) is 6. The Bertz CT molecular complexity index is 2510. The van der Waals surface area contributed by atoms with Gasteiger partial charge in [-0.05, 0) is 73.0 Å². The van der Waals surface area contributed by atoms with Crippen molar-refractivity contribution in [3.63, 3.8) is 0 Å². The smallest absolute Gasteiger partial charge is 0.271 e. The molecule has 0 radical (unpaired) electrons. The molecule has 20 heteroatoms. The SMILES string of the molecule is Cc1ccc(-c2c(NS(=O)(=O)c3ccccc3)n[nH]c2C(F)(F)F)cc1C.O=S(=O)(Nc1n[nH]c(C(F)(F)F)c1-c1cc(Cl)ccc1Cl)c1ccccc1. The summed E-state index contributed by atoms with van der Waals surface area (Å²) in [5.41, 5.74) is -1.48. The maximum absolute atomic E-state index is 13.4. The fourth-order valence-electron chi connectivity index (χ4n) is 4.94. The van der Waals surface area contributed by atoms with Crippen molar-refractivity contribution in [2.45, 2.75) is 36.0 Å². The molecule has 0 bridgehead atoms. The Kier molecular flexibility index (Phi) is 11.4. The molecule has 0 aliphatic heterocycles. The molecule has 284 valence electrons. The first-order valence-corrected chi connectivity index (χ1v) is 18.9. The first-order chi connectivity index (χ1) is 25.2. The molecule has 10 nitrogen and oxygen atoms in total. The van der Waals surface area contributed by atoms with E-state index in [2.05, 4.69) is 19.6 Å². The summed E-state index contributed by atoms with van der Waals surface area (Å²) in [6, 6.07) is 23.2. The predicted octanol–water partition coefficient (Wildman–Crippen LogP) is 9.72. The van der Waals surface area contributed by atoms with Gasteiger partial charge in [0.25, 0.3) is 20.0 Å². The largest absolute Gasteiger partial charge is 0.433 e. The lowest BCUT2D eigenvalue weighted by atomic mass is 10.00. The minimum atomic E-state index is -4.83. The molecule has 0 aliphatic carbocycles. The summed E-state index contributed by atoms with van der Waals surface area (Å²) in [5, 5.41) is 10.9. The van der Waals surface area contributed by atoms with Crippen molar-refractivity contribution in [2.75, 3.05) is 9.44 Å². The van der Waals surface area contributed by atoms with Crippen LogP contribution in [0.5, 0.6) is 0 Å². The molecule has 0 atom stereocenters. The van der Waals surface area contributed by atoms with E-state index in [9.17, 15) is 43.2 Å². The van der Waals surface area contributed by atoms with Crippen molar-refractivity contribution >= 4 is 54.9 Å². The van der Waals surface area contributed by atoms with Gasteiger partial charge in [0.05, 0.1) is 20.9 Å². The van der Waals surface area contributed by atoms with Crippen molar-refractivity contribution in [1.29, 1.82) is 0 Å². The van der Waals surface area contributed by atoms with Crippen LogP contribution in [0.1, 0.15) is 22.5 Å². The Morgan fingerprint density at radius 3 is 1.52 bits per heavy atom. The van der Waals surface area contributed by atoms with E-state index >= 15 is 0 Å². The molecule has 54 heavy (non-hydrogen) atoms. The van der Waals surface area contributed by atoms with Crippen LogP contribution >= 0.6 is 23.2 Å². The highest BCUT2D eigenvalue weighted by Gasteiger charge is 2.40. The van der Waals surface area contributed by atoms with Crippen LogP contribution in [0.2, 0.25) is 10.0 Å². The normalized spacial score (nSPS) is 12.2. The van der Waals surface area contributed by atoms with Crippen LogP contribution in [0.3, 0.4) is 0 Å². The van der Waals surface area contributed by atoms with Gasteiger partial charge in [-0.1, -0.05) is 77.8 Å².